The SMILES string of the molecule is Cc1ccc2cccc(OS(=O)(=O)c3ccc4c(c3)CCC4)c2n1. The topological polar surface area (TPSA) is 56.3 Å². The third-order valence-electron chi connectivity index (χ3n) is 4.38. The summed E-state index contributed by atoms with van der Waals surface area (Å²) in [5, 5.41) is 0.849. The van der Waals surface area contributed by atoms with Crippen LogP contribution in [-0.2, 0) is 23.0 Å². The van der Waals surface area contributed by atoms with E-state index in [0.29, 0.717) is 5.52 Å². The zero-order chi connectivity index (χ0) is 16.7. The zero-order valence-corrected chi connectivity index (χ0v) is 14.1. The maximum absolute atomic E-state index is 12.7. The molecule has 0 fully saturated rings. The summed E-state index contributed by atoms with van der Waals surface area (Å²) in [5.41, 5.74) is 3.71. The van der Waals surface area contributed by atoms with Gasteiger partial charge in [0.1, 0.15) is 10.4 Å². The van der Waals surface area contributed by atoms with Gasteiger partial charge in [0.25, 0.3) is 0 Å². The second-order valence-electron chi connectivity index (χ2n) is 6.10. The number of aromatic nitrogens is 1. The van der Waals surface area contributed by atoms with E-state index in [1.165, 1.54) is 5.56 Å². The van der Waals surface area contributed by atoms with Gasteiger partial charge in [-0.25, -0.2) is 4.98 Å². The van der Waals surface area contributed by atoms with Crippen LogP contribution in [0.25, 0.3) is 10.9 Å². The van der Waals surface area contributed by atoms with Gasteiger partial charge in [0.15, 0.2) is 5.75 Å². The maximum Gasteiger partial charge on any atom is 0.339 e. The van der Waals surface area contributed by atoms with Crippen molar-refractivity contribution in [1.82, 2.24) is 4.98 Å². The Balaban J connectivity index is 1.76. The predicted octanol–water partition coefficient (Wildman–Crippen LogP) is 3.80. The van der Waals surface area contributed by atoms with Crippen LogP contribution in [0.2, 0.25) is 0 Å². The highest BCUT2D eigenvalue weighted by atomic mass is 32.2. The summed E-state index contributed by atoms with van der Waals surface area (Å²) in [6.07, 6.45) is 3.02. The Bertz CT molecular complexity index is 1040. The van der Waals surface area contributed by atoms with Gasteiger partial charge in [-0.1, -0.05) is 24.3 Å². The molecule has 1 aromatic heterocycles. The van der Waals surface area contributed by atoms with E-state index < -0.39 is 10.1 Å². The quantitative estimate of drug-likeness (QED) is 0.681. The van der Waals surface area contributed by atoms with E-state index in [0.717, 1.165) is 35.9 Å². The lowest BCUT2D eigenvalue weighted by Crippen LogP contribution is -2.10. The van der Waals surface area contributed by atoms with E-state index >= 15 is 0 Å². The van der Waals surface area contributed by atoms with Crippen molar-refractivity contribution < 1.29 is 12.6 Å². The van der Waals surface area contributed by atoms with Crippen molar-refractivity contribution >= 4 is 21.0 Å². The van der Waals surface area contributed by atoms with Crippen molar-refractivity contribution in [1.29, 1.82) is 0 Å². The fourth-order valence-electron chi connectivity index (χ4n) is 3.15. The standard InChI is InChI=1S/C19H17NO3S/c1-13-8-9-15-5-3-7-18(19(15)20-13)23-24(21,22)17-11-10-14-4-2-6-16(14)12-17/h3,5,7-12H,2,4,6H2,1H3. The van der Waals surface area contributed by atoms with Gasteiger partial charge in [-0.15, -0.1) is 0 Å². The fourth-order valence-corrected chi connectivity index (χ4v) is 4.14. The molecule has 4 nitrogen and oxygen atoms in total. The molecule has 0 saturated heterocycles. The van der Waals surface area contributed by atoms with Gasteiger partial charge < -0.3 is 4.18 Å². The smallest absolute Gasteiger partial charge is 0.339 e. The minimum atomic E-state index is -3.88. The molecule has 0 N–H and O–H groups in total. The van der Waals surface area contributed by atoms with Crippen molar-refractivity contribution in [3.63, 3.8) is 0 Å². The Morgan fingerprint density at radius 1 is 1.00 bits per heavy atom. The molecule has 1 aliphatic rings. The molecule has 0 spiro atoms. The van der Waals surface area contributed by atoms with Crippen LogP contribution in [0.3, 0.4) is 0 Å². The highest BCUT2D eigenvalue weighted by Crippen LogP contribution is 2.29. The van der Waals surface area contributed by atoms with Crippen molar-refractivity contribution in [2.45, 2.75) is 31.1 Å². The molecule has 5 heteroatoms. The molecule has 0 aliphatic heterocycles. The molecule has 4 rings (SSSR count). The molecule has 122 valence electrons. The molecule has 24 heavy (non-hydrogen) atoms. The van der Waals surface area contributed by atoms with Gasteiger partial charge in [-0.2, -0.15) is 8.42 Å². The molecule has 1 heterocycles. The first kappa shape index (κ1) is 15.1. The monoisotopic (exact) mass is 339 g/mol. The Hall–Kier alpha value is -2.40. The van der Waals surface area contributed by atoms with E-state index in [1.807, 2.05) is 31.2 Å². The molecule has 1 aliphatic carbocycles. The van der Waals surface area contributed by atoms with Crippen LogP contribution in [0.15, 0.2) is 53.4 Å². The van der Waals surface area contributed by atoms with E-state index in [4.69, 9.17) is 4.18 Å². The average Bonchev–Trinajstić information content (AvgIpc) is 3.03. The van der Waals surface area contributed by atoms with Crippen molar-refractivity contribution in [2.75, 3.05) is 0 Å². The van der Waals surface area contributed by atoms with Crippen LogP contribution in [0, 0.1) is 6.92 Å². The summed E-state index contributed by atoms with van der Waals surface area (Å²) in [7, 11) is -3.88. The normalized spacial score (nSPS) is 13.9. The molecule has 0 amide bonds. The molecule has 0 radical (unpaired) electrons. The van der Waals surface area contributed by atoms with Gasteiger partial charge in [0.05, 0.1) is 0 Å². The highest BCUT2D eigenvalue weighted by molar-refractivity contribution is 7.87. The van der Waals surface area contributed by atoms with Gasteiger partial charge in [-0.05, 0) is 61.6 Å². The molecule has 2 aromatic carbocycles. The molecule has 3 aromatic rings. The van der Waals surface area contributed by atoms with Crippen molar-refractivity contribution in [3.8, 4) is 5.75 Å². The van der Waals surface area contributed by atoms with E-state index in [-0.39, 0.29) is 10.6 Å². The van der Waals surface area contributed by atoms with E-state index in [2.05, 4.69) is 4.98 Å². The molecule has 0 atom stereocenters. The Kier molecular flexibility index (Phi) is 3.53. The minimum Gasteiger partial charge on any atom is -0.377 e. The number of pyridine rings is 1. The summed E-state index contributed by atoms with van der Waals surface area (Å²) < 4.78 is 30.8. The number of aryl methyl sites for hydroxylation is 3. The molecular formula is C19H17NO3S. The lowest BCUT2D eigenvalue weighted by Gasteiger charge is -2.10. The summed E-state index contributed by atoms with van der Waals surface area (Å²) in [4.78, 5) is 4.62. The van der Waals surface area contributed by atoms with Gasteiger partial charge in [0, 0.05) is 11.1 Å². The summed E-state index contributed by atoms with van der Waals surface area (Å²) in [6.45, 7) is 1.87. The second kappa shape index (κ2) is 5.60. The maximum atomic E-state index is 12.7. The molecule has 0 bridgehead atoms. The largest absolute Gasteiger partial charge is 0.377 e. The van der Waals surface area contributed by atoms with Crippen molar-refractivity contribution in [3.05, 3.63) is 65.4 Å². The van der Waals surface area contributed by atoms with Crippen molar-refractivity contribution in [2.24, 2.45) is 0 Å². The fraction of sp³-hybridized carbons (Fsp3) is 0.211. The van der Waals surface area contributed by atoms with E-state index in [1.54, 1.807) is 24.3 Å². The first-order chi connectivity index (χ1) is 11.5. The van der Waals surface area contributed by atoms with Crippen LogP contribution >= 0.6 is 0 Å². The first-order valence-corrected chi connectivity index (χ1v) is 9.36. The van der Waals surface area contributed by atoms with Gasteiger partial charge in [0.2, 0.25) is 0 Å². The Morgan fingerprint density at radius 2 is 1.83 bits per heavy atom. The van der Waals surface area contributed by atoms with Crippen LogP contribution in [0.1, 0.15) is 23.2 Å². The number of benzene rings is 2. The van der Waals surface area contributed by atoms with E-state index in [9.17, 15) is 8.42 Å². The number of hydrogen-bond donors (Lipinski definition) is 0. The first-order valence-electron chi connectivity index (χ1n) is 7.96. The minimum absolute atomic E-state index is 0.202. The molecular weight excluding hydrogens is 322 g/mol. The lowest BCUT2D eigenvalue weighted by atomic mass is 10.1. The molecule has 0 unspecified atom stereocenters. The number of para-hydroxylation sites is 1. The average molecular weight is 339 g/mol. The van der Waals surface area contributed by atoms with Crippen LogP contribution < -0.4 is 4.18 Å². The Labute approximate surface area is 141 Å². The molecule has 0 saturated carbocycles. The number of nitrogens with zero attached hydrogens (tertiary/aromatic N) is 1. The predicted molar refractivity (Wildman–Crippen MR) is 92.8 cm³/mol. The summed E-state index contributed by atoms with van der Waals surface area (Å²) in [6, 6.07) is 14.4. The summed E-state index contributed by atoms with van der Waals surface area (Å²) >= 11 is 0. The number of fused-ring (bicyclic) bond motifs is 2. The number of hydrogen-bond acceptors (Lipinski definition) is 4. The lowest BCUT2D eigenvalue weighted by molar-refractivity contribution is 0.488. The third-order valence-corrected chi connectivity index (χ3v) is 5.61. The van der Waals surface area contributed by atoms with Crippen LogP contribution in [0.5, 0.6) is 5.75 Å². The highest BCUT2D eigenvalue weighted by Gasteiger charge is 2.21. The third kappa shape index (κ3) is 2.65. The van der Waals surface area contributed by atoms with Gasteiger partial charge in [-0.3, -0.25) is 0 Å². The zero-order valence-electron chi connectivity index (χ0n) is 13.3. The van der Waals surface area contributed by atoms with Gasteiger partial charge >= 0.3 is 10.1 Å². The Morgan fingerprint density at radius 3 is 2.71 bits per heavy atom. The second-order valence-corrected chi connectivity index (χ2v) is 7.65. The van der Waals surface area contributed by atoms with Crippen LogP contribution in [-0.4, -0.2) is 13.4 Å². The number of rotatable bonds is 3. The summed E-state index contributed by atoms with van der Waals surface area (Å²) in [5.74, 6) is 0.261. The van der Waals surface area contributed by atoms with Crippen LogP contribution in [0.4, 0.5) is 0 Å².